The SMILES string of the molecule is CC(Nc1c(F)c(F)nc(F)c1F)c1ccc2c(c1)NC(=O)CO2. The van der Waals surface area contributed by atoms with Gasteiger partial charge in [-0.1, -0.05) is 6.07 Å². The molecule has 1 aliphatic rings. The van der Waals surface area contributed by atoms with Crippen LogP contribution in [0.3, 0.4) is 0 Å². The molecule has 0 radical (unpaired) electrons. The fraction of sp³-hybridized carbons (Fsp3) is 0.200. The van der Waals surface area contributed by atoms with Crippen LogP contribution in [-0.4, -0.2) is 17.5 Å². The lowest BCUT2D eigenvalue weighted by Gasteiger charge is -2.21. The van der Waals surface area contributed by atoms with Crippen LogP contribution in [0.1, 0.15) is 18.5 Å². The van der Waals surface area contributed by atoms with E-state index in [1.54, 1.807) is 12.1 Å². The van der Waals surface area contributed by atoms with Crippen LogP contribution >= 0.6 is 0 Å². The number of benzene rings is 1. The van der Waals surface area contributed by atoms with Crippen LogP contribution in [0.4, 0.5) is 28.9 Å². The van der Waals surface area contributed by atoms with E-state index >= 15 is 0 Å². The van der Waals surface area contributed by atoms with Crippen LogP contribution in [0.25, 0.3) is 0 Å². The normalized spacial score (nSPS) is 14.5. The number of nitrogens with zero attached hydrogens (tertiary/aromatic N) is 1. The molecule has 24 heavy (non-hydrogen) atoms. The van der Waals surface area contributed by atoms with E-state index in [4.69, 9.17) is 4.74 Å². The fourth-order valence-corrected chi connectivity index (χ4v) is 2.28. The lowest BCUT2D eigenvalue weighted by atomic mass is 10.1. The van der Waals surface area contributed by atoms with E-state index in [0.717, 1.165) is 0 Å². The van der Waals surface area contributed by atoms with Crippen molar-refractivity contribution in [3.8, 4) is 5.75 Å². The van der Waals surface area contributed by atoms with Gasteiger partial charge in [0.25, 0.3) is 17.8 Å². The number of ether oxygens (including phenoxy) is 1. The molecule has 0 saturated carbocycles. The average Bonchev–Trinajstić information content (AvgIpc) is 2.56. The first kappa shape index (κ1) is 16.0. The zero-order valence-electron chi connectivity index (χ0n) is 12.3. The Balaban J connectivity index is 1.90. The first-order valence-electron chi connectivity index (χ1n) is 6.90. The molecule has 1 aliphatic heterocycles. The summed E-state index contributed by atoms with van der Waals surface area (Å²) in [6, 6.07) is 3.98. The second-order valence-electron chi connectivity index (χ2n) is 5.15. The van der Waals surface area contributed by atoms with Crippen molar-refractivity contribution in [2.75, 3.05) is 17.2 Å². The van der Waals surface area contributed by atoms with Crippen molar-refractivity contribution in [1.29, 1.82) is 0 Å². The number of fused-ring (bicyclic) bond motifs is 1. The molecule has 1 amide bonds. The molecule has 1 aromatic heterocycles. The highest BCUT2D eigenvalue weighted by molar-refractivity contribution is 5.95. The van der Waals surface area contributed by atoms with Crippen LogP contribution in [0, 0.1) is 23.5 Å². The van der Waals surface area contributed by atoms with E-state index < -0.39 is 35.3 Å². The predicted octanol–water partition coefficient (Wildman–Crippen LogP) is 3.14. The molecule has 5 nitrogen and oxygen atoms in total. The maximum Gasteiger partial charge on any atom is 0.262 e. The summed E-state index contributed by atoms with van der Waals surface area (Å²) in [7, 11) is 0. The van der Waals surface area contributed by atoms with Crippen LogP contribution in [-0.2, 0) is 4.79 Å². The largest absolute Gasteiger partial charge is 0.482 e. The number of carbonyl (C=O) groups is 1. The zero-order chi connectivity index (χ0) is 17.4. The summed E-state index contributed by atoms with van der Waals surface area (Å²) in [5.74, 6) is -6.60. The first-order chi connectivity index (χ1) is 11.4. The third-order valence-corrected chi connectivity index (χ3v) is 3.49. The topological polar surface area (TPSA) is 63.2 Å². The third-order valence-electron chi connectivity index (χ3n) is 3.49. The molecule has 0 spiro atoms. The highest BCUT2D eigenvalue weighted by atomic mass is 19.2. The fourth-order valence-electron chi connectivity index (χ4n) is 2.28. The molecule has 0 aliphatic carbocycles. The van der Waals surface area contributed by atoms with Gasteiger partial charge in [-0.3, -0.25) is 4.79 Å². The minimum Gasteiger partial charge on any atom is -0.482 e. The zero-order valence-corrected chi connectivity index (χ0v) is 12.3. The minimum atomic E-state index is -1.74. The number of carbonyl (C=O) groups excluding carboxylic acids is 1. The summed E-state index contributed by atoms with van der Waals surface area (Å²) in [5, 5.41) is 4.96. The highest BCUT2D eigenvalue weighted by Crippen LogP contribution is 2.32. The Bertz CT molecular complexity index is 803. The van der Waals surface area contributed by atoms with Crippen molar-refractivity contribution in [3.05, 3.63) is 47.3 Å². The van der Waals surface area contributed by atoms with Gasteiger partial charge >= 0.3 is 0 Å². The molecule has 0 saturated heterocycles. The van der Waals surface area contributed by atoms with E-state index in [9.17, 15) is 22.4 Å². The van der Waals surface area contributed by atoms with Crippen LogP contribution in [0.5, 0.6) is 5.75 Å². The van der Waals surface area contributed by atoms with Gasteiger partial charge in [-0.2, -0.15) is 22.5 Å². The Hall–Kier alpha value is -2.84. The van der Waals surface area contributed by atoms with E-state index in [2.05, 4.69) is 15.6 Å². The Morgan fingerprint density at radius 1 is 1.21 bits per heavy atom. The molecule has 2 aromatic rings. The molecule has 0 bridgehead atoms. The van der Waals surface area contributed by atoms with E-state index in [-0.39, 0.29) is 12.5 Å². The summed E-state index contributed by atoms with van der Waals surface area (Å²) >= 11 is 0. The summed E-state index contributed by atoms with van der Waals surface area (Å²) in [6.45, 7) is 1.43. The number of aromatic nitrogens is 1. The van der Waals surface area contributed by atoms with Crippen molar-refractivity contribution in [2.24, 2.45) is 0 Å². The van der Waals surface area contributed by atoms with Gasteiger partial charge in [0.2, 0.25) is 11.6 Å². The Kier molecular flexibility index (Phi) is 4.00. The number of rotatable bonds is 3. The Morgan fingerprint density at radius 3 is 2.54 bits per heavy atom. The predicted molar refractivity (Wildman–Crippen MR) is 76.7 cm³/mol. The van der Waals surface area contributed by atoms with Gasteiger partial charge < -0.3 is 15.4 Å². The maximum absolute atomic E-state index is 13.7. The summed E-state index contributed by atoms with van der Waals surface area (Å²) in [6.07, 6.45) is 0. The lowest BCUT2D eigenvalue weighted by molar-refractivity contribution is -0.118. The van der Waals surface area contributed by atoms with Gasteiger partial charge in [0.1, 0.15) is 11.4 Å². The molecule has 2 heterocycles. The molecule has 0 fully saturated rings. The molecule has 9 heteroatoms. The standard InChI is InChI=1S/C15H11F4N3O2/c1-6(20-13-11(16)14(18)22-15(19)12(13)17)7-2-3-9-8(4-7)21-10(23)5-24-9/h2-4,6H,5H2,1H3,(H,20,22)(H,21,23). The third kappa shape index (κ3) is 2.84. The van der Waals surface area contributed by atoms with E-state index in [0.29, 0.717) is 17.0 Å². The van der Waals surface area contributed by atoms with Crippen molar-refractivity contribution in [1.82, 2.24) is 4.98 Å². The maximum atomic E-state index is 13.7. The summed E-state index contributed by atoms with van der Waals surface area (Å²) < 4.78 is 58.8. The lowest BCUT2D eigenvalue weighted by Crippen LogP contribution is -2.25. The van der Waals surface area contributed by atoms with E-state index in [1.807, 2.05) is 0 Å². The monoisotopic (exact) mass is 341 g/mol. The van der Waals surface area contributed by atoms with Crippen molar-refractivity contribution >= 4 is 17.3 Å². The number of pyridine rings is 1. The summed E-state index contributed by atoms with van der Waals surface area (Å²) in [4.78, 5) is 13.8. The molecule has 1 atom stereocenters. The summed E-state index contributed by atoms with van der Waals surface area (Å²) in [5.41, 5.74) is -0.0491. The van der Waals surface area contributed by atoms with E-state index in [1.165, 1.54) is 13.0 Å². The van der Waals surface area contributed by atoms with Gasteiger partial charge in [-0.25, -0.2) is 0 Å². The average molecular weight is 341 g/mol. The number of nitrogens with one attached hydrogen (secondary N) is 2. The number of amides is 1. The van der Waals surface area contributed by atoms with Crippen molar-refractivity contribution < 1.29 is 27.1 Å². The van der Waals surface area contributed by atoms with Crippen molar-refractivity contribution in [2.45, 2.75) is 13.0 Å². The second kappa shape index (κ2) is 5.99. The van der Waals surface area contributed by atoms with Crippen molar-refractivity contribution in [3.63, 3.8) is 0 Å². The van der Waals surface area contributed by atoms with Crippen LogP contribution in [0.15, 0.2) is 18.2 Å². The quantitative estimate of drug-likeness (QED) is 0.665. The van der Waals surface area contributed by atoms with Gasteiger partial charge in [0, 0.05) is 6.04 Å². The number of anilines is 2. The van der Waals surface area contributed by atoms with Gasteiger partial charge in [0.05, 0.1) is 5.69 Å². The Morgan fingerprint density at radius 2 is 1.88 bits per heavy atom. The number of hydrogen-bond donors (Lipinski definition) is 2. The molecule has 2 N–H and O–H groups in total. The molecule has 126 valence electrons. The van der Waals surface area contributed by atoms with Gasteiger partial charge in [-0.15, -0.1) is 0 Å². The Labute approximate surface area is 133 Å². The minimum absolute atomic E-state index is 0.105. The van der Waals surface area contributed by atoms with Gasteiger partial charge in [-0.05, 0) is 24.6 Å². The van der Waals surface area contributed by atoms with Gasteiger partial charge in [0.15, 0.2) is 6.61 Å². The van der Waals surface area contributed by atoms with Crippen LogP contribution in [0.2, 0.25) is 0 Å². The first-order valence-corrected chi connectivity index (χ1v) is 6.90. The molecule has 1 unspecified atom stereocenters. The highest BCUT2D eigenvalue weighted by Gasteiger charge is 2.23. The molecular weight excluding hydrogens is 330 g/mol. The van der Waals surface area contributed by atoms with Crippen LogP contribution < -0.4 is 15.4 Å². The number of halogens is 4. The molecule has 1 aromatic carbocycles. The smallest absolute Gasteiger partial charge is 0.262 e. The number of hydrogen-bond acceptors (Lipinski definition) is 4. The molecule has 3 rings (SSSR count). The second-order valence-corrected chi connectivity index (χ2v) is 5.15. The molecular formula is C15H11F4N3O2.